The van der Waals surface area contributed by atoms with Crippen molar-refractivity contribution >= 4 is 16.9 Å². The lowest BCUT2D eigenvalue weighted by Gasteiger charge is -2.11. The Kier molecular flexibility index (Phi) is 5.84. The number of hydrogen-bond donors (Lipinski definition) is 1. The maximum atomic E-state index is 12.7. The Morgan fingerprint density at radius 1 is 0.879 bits per heavy atom. The van der Waals surface area contributed by atoms with Crippen molar-refractivity contribution in [2.75, 3.05) is 6.54 Å². The Morgan fingerprint density at radius 2 is 1.73 bits per heavy atom. The van der Waals surface area contributed by atoms with Crippen molar-refractivity contribution in [1.29, 1.82) is 0 Å². The fourth-order valence-corrected chi connectivity index (χ4v) is 3.66. The van der Waals surface area contributed by atoms with Gasteiger partial charge >= 0.3 is 0 Å². The van der Waals surface area contributed by atoms with Crippen LogP contribution in [-0.2, 0) is 6.54 Å². The van der Waals surface area contributed by atoms with Crippen LogP contribution in [-0.4, -0.2) is 37.0 Å². The molecule has 0 spiro atoms. The lowest BCUT2D eigenvalue weighted by Crippen LogP contribution is -2.25. The molecule has 0 fully saturated rings. The summed E-state index contributed by atoms with van der Waals surface area (Å²) < 4.78 is 1.99. The molecule has 0 aliphatic heterocycles. The van der Waals surface area contributed by atoms with Crippen LogP contribution in [0.2, 0.25) is 0 Å². The minimum absolute atomic E-state index is 0.126. The second-order valence-corrected chi connectivity index (χ2v) is 7.62. The number of amides is 1. The highest BCUT2D eigenvalue weighted by atomic mass is 16.1. The van der Waals surface area contributed by atoms with Gasteiger partial charge in [-0.05, 0) is 36.8 Å². The maximum absolute atomic E-state index is 12.7. The van der Waals surface area contributed by atoms with E-state index in [1.54, 1.807) is 30.9 Å². The summed E-state index contributed by atoms with van der Waals surface area (Å²) in [6.07, 6.45) is 8.00. The summed E-state index contributed by atoms with van der Waals surface area (Å²) >= 11 is 0. The van der Waals surface area contributed by atoms with E-state index in [0.717, 1.165) is 29.9 Å². The Hall–Kier alpha value is -4.39. The van der Waals surface area contributed by atoms with Gasteiger partial charge in [0.2, 0.25) is 0 Å². The summed E-state index contributed by atoms with van der Waals surface area (Å²) in [6.45, 7) is 1.38. The number of nitrogens with one attached hydrogen (secondary N) is 1. The van der Waals surface area contributed by atoms with Gasteiger partial charge in [0.15, 0.2) is 0 Å². The van der Waals surface area contributed by atoms with Gasteiger partial charge in [-0.1, -0.05) is 36.4 Å². The third kappa shape index (κ3) is 4.62. The first kappa shape index (κ1) is 20.5. The topological polar surface area (TPSA) is 85.6 Å². The van der Waals surface area contributed by atoms with Gasteiger partial charge in [-0.15, -0.1) is 0 Å². The van der Waals surface area contributed by atoms with E-state index in [1.807, 2.05) is 65.4 Å². The molecule has 3 heterocycles. The van der Waals surface area contributed by atoms with Crippen LogP contribution in [0.5, 0.6) is 0 Å². The van der Waals surface area contributed by atoms with Crippen LogP contribution >= 0.6 is 0 Å². The van der Waals surface area contributed by atoms with Crippen LogP contribution in [0.15, 0.2) is 91.6 Å². The predicted molar refractivity (Wildman–Crippen MR) is 127 cm³/mol. The standard InChI is InChI=1S/C26H22N6O/c33-26(29-13-6-15-32-16-14-27-18-32)20-10-11-21-23(17-20)31-24(19-7-2-1-3-8-19)25(30-21)22-9-4-5-12-28-22/h1-5,7-12,14,16-18H,6,13,15H2,(H,29,33). The highest BCUT2D eigenvalue weighted by Crippen LogP contribution is 2.30. The smallest absolute Gasteiger partial charge is 0.251 e. The average Bonchev–Trinajstić information content (AvgIpc) is 3.40. The minimum atomic E-state index is -0.126. The molecule has 7 nitrogen and oxygen atoms in total. The zero-order valence-corrected chi connectivity index (χ0v) is 17.9. The second-order valence-electron chi connectivity index (χ2n) is 7.62. The van der Waals surface area contributed by atoms with Crippen molar-refractivity contribution in [3.8, 4) is 22.6 Å². The number of aryl methyl sites for hydroxylation is 1. The molecule has 0 radical (unpaired) electrons. The van der Waals surface area contributed by atoms with Crippen LogP contribution in [0.25, 0.3) is 33.7 Å². The van der Waals surface area contributed by atoms with Gasteiger partial charge < -0.3 is 9.88 Å². The van der Waals surface area contributed by atoms with Crippen molar-refractivity contribution in [2.24, 2.45) is 0 Å². The largest absolute Gasteiger partial charge is 0.352 e. The first-order valence-corrected chi connectivity index (χ1v) is 10.8. The summed E-state index contributed by atoms with van der Waals surface area (Å²) in [5, 5.41) is 2.98. The highest BCUT2D eigenvalue weighted by Gasteiger charge is 2.15. The van der Waals surface area contributed by atoms with Crippen LogP contribution in [0.4, 0.5) is 0 Å². The number of nitrogens with zero attached hydrogens (tertiary/aromatic N) is 5. The number of pyridine rings is 1. The lowest BCUT2D eigenvalue weighted by molar-refractivity contribution is 0.0953. The minimum Gasteiger partial charge on any atom is -0.352 e. The third-order valence-electron chi connectivity index (χ3n) is 5.32. The summed E-state index contributed by atoms with van der Waals surface area (Å²) in [7, 11) is 0. The Morgan fingerprint density at radius 3 is 2.52 bits per heavy atom. The monoisotopic (exact) mass is 434 g/mol. The second kappa shape index (κ2) is 9.40. The van der Waals surface area contributed by atoms with E-state index in [0.29, 0.717) is 28.8 Å². The predicted octanol–water partition coefficient (Wildman–Crippen LogP) is 4.38. The molecule has 1 amide bonds. The summed E-state index contributed by atoms with van der Waals surface area (Å²) in [5.41, 5.74) is 5.09. The Balaban J connectivity index is 1.43. The number of rotatable bonds is 7. The van der Waals surface area contributed by atoms with E-state index in [2.05, 4.69) is 15.3 Å². The number of benzene rings is 2. The lowest BCUT2D eigenvalue weighted by atomic mass is 10.1. The number of hydrogen-bond acceptors (Lipinski definition) is 5. The molecule has 7 heteroatoms. The van der Waals surface area contributed by atoms with Crippen LogP contribution in [0, 0.1) is 0 Å². The van der Waals surface area contributed by atoms with Crippen LogP contribution < -0.4 is 5.32 Å². The molecule has 0 bridgehead atoms. The van der Waals surface area contributed by atoms with E-state index in [-0.39, 0.29) is 5.91 Å². The van der Waals surface area contributed by atoms with Crippen LogP contribution in [0.1, 0.15) is 16.8 Å². The van der Waals surface area contributed by atoms with Crippen LogP contribution in [0.3, 0.4) is 0 Å². The van der Waals surface area contributed by atoms with Gasteiger partial charge in [-0.25, -0.2) is 15.0 Å². The van der Waals surface area contributed by atoms with Gasteiger partial charge in [0.05, 0.1) is 28.7 Å². The van der Waals surface area contributed by atoms with E-state index in [4.69, 9.17) is 9.97 Å². The zero-order chi connectivity index (χ0) is 22.5. The first-order valence-electron chi connectivity index (χ1n) is 10.8. The van der Waals surface area contributed by atoms with Crippen molar-refractivity contribution in [1.82, 2.24) is 29.8 Å². The summed E-state index contributed by atoms with van der Waals surface area (Å²) in [5.74, 6) is -0.126. The normalized spacial score (nSPS) is 10.9. The Bertz CT molecular complexity index is 1370. The average molecular weight is 435 g/mol. The molecule has 0 aliphatic carbocycles. The van der Waals surface area contributed by atoms with E-state index >= 15 is 0 Å². The van der Waals surface area contributed by atoms with E-state index in [9.17, 15) is 4.79 Å². The van der Waals surface area contributed by atoms with Gasteiger partial charge in [-0.3, -0.25) is 9.78 Å². The molecule has 0 saturated carbocycles. The van der Waals surface area contributed by atoms with Crippen molar-refractivity contribution in [3.63, 3.8) is 0 Å². The third-order valence-corrected chi connectivity index (χ3v) is 5.32. The molecule has 0 saturated heterocycles. The molecule has 2 aromatic carbocycles. The highest BCUT2D eigenvalue weighted by molar-refractivity contribution is 5.98. The number of aromatic nitrogens is 5. The van der Waals surface area contributed by atoms with Gasteiger partial charge in [-0.2, -0.15) is 0 Å². The molecule has 5 aromatic rings. The fraction of sp³-hybridized carbons (Fsp3) is 0.115. The van der Waals surface area contributed by atoms with Gasteiger partial charge in [0, 0.05) is 42.8 Å². The molecule has 162 valence electrons. The van der Waals surface area contributed by atoms with Gasteiger partial charge in [0.25, 0.3) is 5.91 Å². The number of carbonyl (C=O) groups is 1. The van der Waals surface area contributed by atoms with Crippen molar-refractivity contribution < 1.29 is 4.79 Å². The fourth-order valence-electron chi connectivity index (χ4n) is 3.66. The van der Waals surface area contributed by atoms with Crippen molar-refractivity contribution in [3.05, 3.63) is 97.2 Å². The molecule has 33 heavy (non-hydrogen) atoms. The maximum Gasteiger partial charge on any atom is 0.251 e. The quantitative estimate of drug-likeness (QED) is 0.384. The summed E-state index contributed by atoms with van der Waals surface area (Å²) in [4.78, 5) is 31.0. The van der Waals surface area contributed by atoms with E-state index < -0.39 is 0 Å². The molecule has 0 aliphatic rings. The SMILES string of the molecule is O=C(NCCCn1ccnc1)c1ccc2nc(-c3ccccn3)c(-c3ccccc3)nc2c1. The molecule has 0 atom stereocenters. The zero-order valence-electron chi connectivity index (χ0n) is 17.9. The molecule has 1 N–H and O–H groups in total. The van der Waals surface area contributed by atoms with Gasteiger partial charge in [0.1, 0.15) is 5.69 Å². The molecule has 0 unspecified atom stereocenters. The number of fused-ring (bicyclic) bond motifs is 1. The van der Waals surface area contributed by atoms with E-state index in [1.165, 1.54) is 0 Å². The first-order chi connectivity index (χ1) is 16.3. The molecule has 3 aromatic heterocycles. The number of carbonyl (C=O) groups excluding carboxylic acids is 1. The number of imidazole rings is 1. The molecule has 5 rings (SSSR count). The van der Waals surface area contributed by atoms with Crippen molar-refractivity contribution in [2.45, 2.75) is 13.0 Å². The molecular formula is C26H22N6O. The Labute approximate surface area is 191 Å². The summed E-state index contributed by atoms with van der Waals surface area (Å²) in [6, 6.07) is 21.1. The molecular weight excluding hydrogens is 412 g/mol.